The van der Waals surface area contributed by atoms with Crippen LogP contribution in [0, 0.1) is 0 Å². The highest BCUT2D eigenvalue weighted by molar-refractivity contribution is 5.80. The summed E-state index contributed by atoms with van der Waals surface area (Å²) in [6.45, 7) is 5.55. The second-order valence-corrected chi connectivity index (χ2v) is 10.8. The van der Waals surface area contributed by atoms with E-state index in [1.165, 1.54) is 5.56 Å². The molecule has 1 N–H and O–H groups in total. The quantitative estimate of drug-likeness (QED) is 0.344. The maximum Gasteiger partial charge on any atom is 0.253 e. The number of benzene rings is 2. The van der Waals surface area contributed by atoms with Gasteiger partial charge in [0.2, 0.25) is 6.79 Å². The van der Waals surface area contributed by atoms with Crippen molar-refractivity contribution in [3.63, 3.8) is 0 Å². The van der Waals surface area contributed by atoms with Crippen molar-refractivity contribution in [2.24, 2.45) is 0 Å². The molecule has 0 aliphatic carbocycles. The Morgan fingerprint density at radius 2 is 1.95 bits per heavy atom. The number of fused-ring (bicyclic) bond motifs is 2. The average molecular weight is 560 g/mol. The largest absolute Gasteiger partial charge is 0.497 e. The van der Waals surface area contributed by atoms with Gasteiger partial charge in [-0.15, -0.1) is 5.10 Å². The molecule has 12 nitrogen and oxygen atoms in total. The van der Waals surface area contributed by atoms with Crippen molar-refractivity contribution in [3.05, 3.63) is 69.8 Å². The topological polar surface area (TPSA) is 120 Å². The molecule has 4 aromatic rings. The second-order valence-electron chi connectivity index (χ2n) is 10.8. The van der Waals surface area contributed by atoms with E-state index < -0.39 is 6.04 Å². The summed E-state index contributed by atoms with van der Waals surface area (Å²) >= 11 is 0. The number of nitrogens with one attached hydrogen (secondary N) is 1. The molecular weight excluding hydrogens is 526 g/mol. The minimum Gasteiger partial charge on any atom is -0.497 e. The zero-order chi connectivity index (χ0) is 27.8. The van der Waals surface area contributed by atoms with Crippen LogP contribution in [0.5, 0.6) is 17.2 Å². The van der Waals surface area contributed by atoms with Crippen molar-refractivity contribution in [3.8, 4) is 17.2 Å². The summed E-state index contributed by atoms with van der Waals surface area (Å²) in [5, 5.41) is 13.7. The van der Waals surface area contributed by atoms with Gasteiger partial charge in [0.25, 0.3) is 5.56 Å². The van der Waals surface area contributed by atoms with Gasteiger partial charge in [0, 0.05) is 55.8 Å². The smallest absolute Gasteiger partial charge is 0.253 e. The van der Waals surface area contributed by atoms with Crippen LogP contribution in [0.1, 0.15) is 35.8 Å². The highest BCUT2D eigenvalue weighted by atomic mass is 16.7. The molecule has 3 aliphatic rings. The molecule has 0 saturated carbocycles. The first-order chi connectivity index (χ1) is 20.1. The van der Waals surface area contributed by atoms with E-state index in [9.17, 15) is 4.79 Å². The second kappa shape index (κ2) is 11.1. The Hall–Kier alpha value is -4.00. The monoisotopic (exact) mass is 559 g/mol. The Morgan fingerprint density at radius 3 is 2.78 bits per heavy atom. The Morgan fingerprint density at radius 1 is 1.07 bits per heavy atom. The van der Waals surface area contributed by atoms with Crippen LogP contribution in [0.4, 0.5) is 0 Å². The lowest BCUT2D eigenvalue weighted by Gasteiger charge is -2.38. The van der Waals surface area contributed by atoms with Crippen molar-refractivity contribution in [2.75, 3.05) is 46.7 Å². The predicted molar refractivity (Wildman–Crippen MR) is 149 cm³/mol. The molecule has 2 atom stereocenters. The molecule has 2 saturated heterocycles. The summed E-state index contributed by atoms with van der Waals surface area (Å²) in [7, 11) is 1.64. The molecule has 41 heavy (non-hydrogen) atoms. The van der Waals surface area contributed by atoms with Crippen molar-refractivity contribution in [2.45, 2.75) is 38.1 Å². The molecule has 12 heteroatoms. The molecule has 2 aromatic heterocycles. The summed E-state index contributed by atoms with van der Waals surface area (Å²) in [6.07, 6.45) is 2.07. The molecule has 2 aromatic carbocycles. The number of methoxy groups -OCH3 is 1. The Kier molecular flexibility index (Phi) is 7.03. The molecule has 0 spiro atoms. The van der Waals surface area contributed by atoms with Crippen LogP contribution in [0.25, 0.3) is 10.9 Å². The van der Waals surface area contributed by atoms with Crippen LogP contribution < -0.4 is 19.8 Å². The fourth-order valence-corrected chi connectivity index (χ4v) is 6.03. The number of rotatable bonds is 8. The minimum atomic E-state index is -0.418. The number of ether oxygens (including phenoxy) is 4. The standard InChI is InChI=1S/C29H33N7O5/c1-38-21-5-6-24-20(14-21)15-23(29(37)30-24)27(28-31-32-33-36(28)17-22-3-2-12-39-22)35-10-8-34(9-11-35)16-19-4-7-25-26(13-19)41-18-40-25/h4-7,13-15,22,27H,2-3,8-12,16-18H2,1H3,(H,30,37)/t22-,27-/m1/s1. The maximum absolute atomic E-state index is 13.6. The molecule has 7 rings (SSSR count). The number of aromatic nitrogens is 5. The molecule has 2 fully saturated rings. The van der Waals surface area contributed by atoms with Crippen molar-refractivity contribution >= 4 is 10.9 Å². The zero-order valence-corrected chi connectivity index (χ0v) is 23.0. The van der Waals surface area contributed by atoms with Gasteiger partial charge in [-0.25, -0.2) is 4.68 Å². The number of piperazine rings is 1. The molecule has 214 valence electrons. The van der Waals surface area contributed by atoms with Crippen LogP contribution in [-0.2, 0) is 17.8 Å². The van der Waals surface area contributed by atoms with Gasteiger partial charge < -0.3 is 23.9 Å². The number of tetrazole rings is 1. The highest BCUT2D eigenvalue weighted by Crippen LogP contribution is 2.33. The summed E-state index contributed by atoms with van der Waals surface area (Å²) < 4.78 is 24.2. The lowest BCUT2D eigenvalue weighted by atomic mass is 10.0. The van der Waals surface area contributed by atoms with Crippen LogP contribution in [0.15, 0.2) is 47.3 Å². The molecule has 0 radical (unpaired) electrons. The number of hydrogen-bond donors (Lipinski definition) is 1. The number of aromatic amines is 1. The van der Waals surface area contributed by atoms with Gasteiger partial charge in [0.15, 0.2) is 17.3 Å². The molecule has 3 aliphatic heterocycles. The van der Waals surface area contributed by atoms with Gasteiger partial charge in [-0.3, -0.25) is 14.6 Å². The van der Waals surface area contributed by atoms with E-state index >= 15 is 0 Å². The molecule has 0 amide bonds. The zero-order valence-electron chi connectivity index (χ0n) is 23.0. The molecule has 5 heterocycles. The third-order valence-electron chi connectivity index (χ3n) is 8.19. The van der Waals surface area contributed by atoms with Gasteiger partial charge in [-0.05, 0) is 65.2 Å². The van der Waals surface area contributed by atoms with E-state index in [0.29, 0.717) is 17.9 Å². The third kappa shape index (κ3) is 5.25. The number of H-pyrrole nitrogens is 1. The van der Waals surface area contributed by atoms with E-state index in [4.69, 9.17) is 18.9 Å². The SMILES string of the molecule is COc1ccc2[nH]c(=O)c([C@H](c3nnnn3C[C@H]3CCCO3)N3CCN(Cc4ccc5c(c4)OCO5)CC3)cc2c1. The van der Waals surface area contributed by atoms with E-state index in [-0.39, 0.29) is 18.5 Å². The third-order valence-corrected chi connectivity index (χ3v) is 8.19. The summed E-state index contributed by atoms with van der Waals surface area (Å²) in [4.78, 5) is 21.4. The molecule has 0 bridgehead atoms. The lowest BCUT2D eigenvalue weighted by molar-refractivity contribution is 0.0840. The minimum absolute atomic E-state index is 0.0654. The highest BCUT2D eigenvalue weighted by Gasteiger charge is 2.33. The fraction of sp³-hybridized carbons (Fsp3) is 0.448. The lowest BCUT2D eigenvalue weighted by Crippen LogP contribution is -2.48. The van der Waals surface area contributed by atoms with Crippen molar-refractivity contribution in [1.82, 2.24) is 35.0 Å². The number of pyridine rings is 1. The Balaban J connectivity index is 1.18. The normalized spacial score (nSPS) is 20.1. The number of hydrogen-bond acceptors (Lipinski definition) is 10. The van der Waals surface area contributed by atoms with E-state index in [0.717, 1.165) is 80.3 Å². The maximum atomic E-state index is 13.6. The first kappa shape index (κ1) is 25.9. The van der Waals surface area contributed by atoms with E-state index in [2.05, 4.69) is 42.4 Å². The number of nitrogens with zero attached hydrogens (tertiary/aromatic N) is 6. The first-order valence-electron chi connectivity index (χ1n) is 14.1. The summed E-state index contributed by atoms with van der Waals surface area (Å²) in [6, 6.07) is 13.3. The van der Waals surface area contributed by atoms with Crippen LogP contribution >= 0.6 is 0 Å². The van der Waals surface area contributed by atoms with Gasteiger partial charge in [-0.2, -0.15) is 0 Å². The average Bonchev–Trinajstić information content (AvgIpc) is 3.77. The van der Waals surface area contributed by atoms with Crippen molar-refractivity contribution in [1.29, 1.82) is 0 Å². The van der Waals surface area contributed by atoms with Crippen LogP contribution in [-0.4, -0.2) is 87.8 Å². The van der Waals surface area contributed by atoms with Gasteiger partial charge >= 0.3 is 0 Å². The summed E-state index contributed by atoms with van der Waals surface area (Å²) in [5.41, 5.74) is 2.39. The van der Waals surface area contributed by atoms with Crippen molar-refractivity contribution < 1.29 is 18.9 Å². The van der Waals surface area contributed by atoms with Gasteiger partial charge in [-0.1, -0.05) is 6.07 Å². The Bertz CT molecular complexity index is 1590. The van der Waals surface area contributed by atoms with Gasteiger partial charge in [0.1, 0.15) is 11.8 Å². The predicted octanol–water partition coefficient (Wildman–Crippen LogP) is 2.34. The van der Waals surface area contributed by atoms with Crippen LogP contribution in [0.3, 0.4) is 0 Å². The van der Waals surface area contributed by atoms with Crippen LogP contribution in [0.2, 0.25) is 0 Å². The Labute approximate surface area is 236 Å². The molecule has 0 unspecified atom stereocenters. The first-order valence-corrected chi connectivity index (χ1v) is 14.1. The van der Waals surface area contributed by atoms with E-state index in [1.807, 2.05) is 35.0 Å². The fourth-order valence-electron chi connectivity index (χ4n) is 6.03. The van der Waals surface area contributed by atoms with E-state index in [1.54, 1.807) is 7.11 Å². The molecular formula is C29H33N7O5. The summed E-state index contributed by atoms with van der Waals surface area (Å²) in [5.74, 6) is 2.97. The van der Waals surface area contributed by atoms with Gasteiger partial charge in [0.05, 0.1) is 19.8 Å².